The first-order valence-electron chi connectivity index (χ1n) is 6.06. The van der Waals surface area contributed by atoms with Crippen LogP contribution in [0, 0.1) is 5.82 Å². The van der Waals surface area contributed by atoms with E-state index in [2.05, 4.69) is 10.5 Å². The van der Waals surface area contributed by atoms with E-state index in [-0.39, 0.29) is 11.9 Å². The largest absolute Gasteiger partial charge is 0.302 e. The van der Waals surface area contributed by atoms with Crippen molar-refractivity contribution in [3.8, 4) is 0 Å². The van der Waals surface area contributed by atoms with Crippen LogP contribution < -0.4 is 5.43 Å². The quantitative estimate of drug-likeness (QED) is 0.882. The summed E-state index contributed by atoms with van der Waals surface area (Å²) in [5, 5.41) is 5.05. The summed E-state index contributed by atoms with van der Waals surface area (Å²) < 4.78 is 12.9. The van der Waals surface area contributed by atoms with Crippen molar-refractivity contribution in [1.82, 2.24) is 5.43 Å². The maximum absolute atomic E-state index is 12.9. The SMILES string of the molecule is Fc1ccc(C2=NNC(c3ccc(Cl)cc3)C2)cc1. The normalized spacial score (nSPS) is 18.0. The standard InChI is InChI=1S/C15H12ClFN2/c16-12-5-1-10(2-6-12)14-9-15(19-18-14)11-3-7-13(17)8-4-11/h1-8,14,18H,9H2. The predicted octanol–water partition coefficient (Wildman–Crippen LogP) is 3.92. The fourth-order valence-electron chi connectivity index (χ4n) is 2.15. The van der Waals surface area contributed by atoms with Gasteiger partial charge in [0, 0.05) is 11.4 Å². The van der Waals surface area contributed by atoms with E-state index in [4.69, 9.17) is 11.6 Å². The van der Waals surface area contributed by atoms with Gasteiger partial charge in [0.05, 0.1) is 11.8 Å². The highest BCUT2D eigenvalue weighted by Gasteiger charge is 2.20. The molecule has 0 saturated heterocycles. The number of hydrogen-bond acceptors (Lipinski definition) is 2. The Labute approximate surface area is 115 Å². The van der Waals surface area contributed by atoms with Gasteiger partial charge in [0.2, 0.25) is 0 Å². The van der Waals surface area contributed by atoms with Gasteiger partial charge in [0.1, 0.15) is 5.82 Å². The molecule has 1 aliphatic rings. The lowest BCUT2D eigenvalue weighted by atomic mass is 9.99. The number of benzene rings is 2. The highest BCUT2D eigenvalue weighted by atomic mass is 35.5. The molecule has 2 aromatic carbocycles. The third-order valence-corrected chi connectivity index (χ3v) is 3.45. The number of halogens is 2. The molecule has 1 N–H and O–H groups in total. The lowest BCUT2D eigenvalue weighted by molar-refractivity contribution is 0.620. The number of nitrogens with one attached hydrogen (secondary N) is 1. The fourth-order valence-corrected chi connectivity index (χ4v) is 2.28. The Morgan fingerprint density at radius 1 is 1.05 bits per heavy atom. The predicted molar refractivity (Wildman–Crippen MR) is 74.9 cm³/mol. The molecule has 3 rings (SSSR count). The first-order chi connectivity index (χ1) is 9.22. The molecular weight excluding hydrogens is 263 g/mol. The van der Waals surface area contributed by atoms with Crippen LogP contribution in [0.2, 0.25) is 5.02 Å². The molecule has 19 heavy (non-hydrogen) atoms. The summed E-state index contributed by atoms with van der Waals surface area (Å²) in [6, 6.07) is 14.3. The van der Waals surface area contributed by atoms with Crippen LogP contribution in [-0.2, 0) is 0 Å². The topological polar surface area (TPSA) is 24.4 Å². The molecule has 1 unspecified atom stereocenters. The smallest absolute Gasteiger partial charge is 0.123 e. The van der Waals surface area contributed by atoms with E-state index < -0.39 is 0 Å². The number of hydrazone groups is 1. The average molecular weight is 275 g/mol. The van der Waals surface area contributed by atoms with Gasteiger partial charge >= 0.3 is 0 Å². The summed E-state index contributed by atoms with van der Waals surface area (Å²) in [4.78, 5) is 0. The Morgan fingerprint density at radius 3 is 2.42 bits per heavy atom. The van der Waals surface area contributed by atoms with Crippen LogP contribution >= 0.6 is 11.6 Å². The van der Waals surface area contributed by atoms with Crippen LogP contribution in [0.15, 0.2) is 53.6 Å². The number of hydrogen-bond donors (Lipinski definition) is 1. The second kappa shape index (κ2) is 5.02. The molecule has 96 valence electrons. The zero-order chi connectivity index (χ0) is 13.2. The molecule has 2 aromatic rings. The fraction of sp³-hybridized carbons (Fsp3) is 0.133. The minimum absolute atomic E-state index is 0.150. The van der Waals surface area contributed by atoms with E-state index in [0.717, 1.165) is 28.3 Å². The van der Waals surface area contributed by atoms with E-state index in [1.807, 2.05) is 24.3 Å². The maximum atomic E-state index is 12.9. The van der Waals surface area contributed by atoms with Gasteiger partial charge in [-0.05, 0) is 35.4 Å². The van der Waals surface area contributed by atoms with Crippen LogP contribution in [0.25, 0.3) is 0 Å². The monoisotopic (exact) mass is 274 g/mol. The van der Waals surface area contributed by atoms with Crippen molar-refractivity contribution < 1.29 is 4.39 Å². The Morgan fingerprint density at radius 2 is 1.74 bits per heavy atom. The van der Waals surface area contributed by atoms with E-state index >= 15 is 0 Å². The van der Waals surface area contributed by atoms with Crippen LogP contribution in [0.4, 0.5) is 4.39 Å². The van der Waals surface area contributed by atoms with Gasteiger partial charge in [-0.25, -0.2) is 4.39 Å². The molecule has 0 saturated carbocycles. The Balaban J connectivity index is 1.76. The minimum Gasteiger partial charge on any atom is -0.302 e. The van der Waals surface area contributed by atoms with Gasteiger partial charge in [0.25, 0.3) is 0 Å². The molecule has 1 atom stereocenters. The van der Waals surface area contributed by atoms with Crippen molar-refractivity contribution in [3.05, 3.63) is 70.5 Å². The lowest BCUT2D eigenvalue weighted by Gasteiger charge is -2.09. The zero-order valence-electron chi connectivity index (χ0n) is 10.1. The maximum Gasteiger partial charge on any atom is 0.123 e. The van der Waals surface area contributed by atoms with Gasteiger partial charge < -0.3 is 5.43 Å². The zero-order valence-corrected chi connectivity index (χ0v) is 10.9. The lowest BCUT2D eigenvalue weighted by Crippen LogP contribution is -2.09. The minimum atomic E-state index is -0.232. The Kier molecular flexibility index (Phi) is 3.22. The summed E-state index contributed by atoms with van der Waals surface area (Å²) in [7, 11) is 0. The van der Waals surface area contributed by atoms with Crippen molar-refractivity contribution >= 4 is 17.3 Å². The summed E-state index contributed by atoms with van der Waals surface area (Å²) >= 11 is 5.87. The molecule has 0 aromatic heterocycles. The Bertz CT molecular complexity index is 605. The van der Waals surface area contributed by atoms with Crippen molar-refractivity contribution in [2.45, 2.75) is 12.5 Å². The average Bonchev–Trinajstić information content (AvgIpc) is 2.90. The van der Waals surface area contributed by atoms with E-state index in [1.165, 1.54) is 12.1 Å². The summed E-state index contributed by atoms with van der Waals surface area (Å²) in [6.45, 7) is 0. The molecule has 0 amide bonds. The molecule has 1 heterocycles. The second-order valence-electron chi connectivity index (χ2n) is 4.50. The highest BCUT2D eigenvalue weighted by Crippen LogP contribution is 2.25. The first kappa shape index (κ1) is 12.2. The number of rotatable bonds is 2. The van der Waals surface area contributed by atoms with Gasteiger partial charge in [0.15, 0.2) is 0 Å². The summed E-state index contributed by atoms with van der Waals surface area (Å²) in [5.41, 5.74) is 6.14. The molecular formula is C15H12ClFN2. The molecule has 2 nitrogen and oxygen atoms in total. The first-order valence-corrected chi connectivity index (χ1v) is 6.44. The molecule has 0 radical (unpaired) electrons. The number of nitrogens with zero attached hydrogens (tertiary/aromatic N) is 1. The molecule has 0 aliphatic carbocycles. The van der Waals surface area contributed by atoms with E-state index in [0.29, 0.717) is 0 Å². The third-order valence-electron chi connectivity index (χ3n) is 3.20. The van der Waals surface area contributed by atoms with Gasteiger partial charge in [-0.15, -0.1) is 0 Å². The Hall–Kier alpha value is -1.87. The van der Waals surface area contributed by atoms with Gasteiger partial charge in [-0.1, -0.05) is 35.9 Å². The third kappa shape index (κ3) is 2.61. The molecule has 0 spiro atoms. The summed E-state index contributed by atoms with van der Waals surface area (Å²) in [5.74, 6) is -0.232. The highest BCUT2D eigenvalue weighted by molar-refractivity contribution is 6.30. The van der Waals surface area contributed by atoms with E-state index in [1.54, 1.807) is 12.1 Å². The van der Waals surface area contributed by atoms with E-state index in [9.17, 15) is 4.39 Å². The molecule has 1 aliphatic heterocycles. The molecule has 0 bridgehead atoms. The van der Waals surface area contributed by atoms with Crippen molar-refractivity contribution in [1.29, 1.82) is 0 Å². The van der Waals surface area contributed by atoms with Crippen LogP contribution in [-0.4, -0.2) is 5.71 Å². The van der Waals surface area contributed by atoms with Crippen molar-refractivity contribution in [2.75, 3.05) is 0 Å². The molecule has 0 fully saturated rings. The van der Waals surface area contributed by atoms with Gasteiger partial charge in [-0.2, -0.15) is 5.10 Å². The van der Waals surface area contributed by atoms with Crippen molar-refractivity contribution in [2.24, 2.45) is 5.10 Å². The van der Waals surface area contributed by atoms with Crippen molar-refractivity contribution in [3.63, 3.8) is 0 Å². The van der Waals surface area contributed by atoms with Gasteiger partial charge in [-0.3, -0.25) is 0 Å². The van der Waals surface area contributed by atoms with Crippen LogP contribution in [0.3, 0.4) is 0 Å². The van der Waals surface area contributed by atoms with Crippen LogP contribution in [0.5, 0.6) is 0 Å². The summed E-state index contributed by atoms with van der Waals surface area (Å²) in [6.07, 6.45) is 0.785. The second-order valence-corrected chi connectivity index (χ2v) is 4.94. The molecule has 4 heteroatoms. The van der Waals surface area contributed by atoms with Crippen LogP contribution in [0.1, 0.15) is 23.6 Å².